The first-order valence-electron chi connectivity index (χ1n) is 13.8. The molecule has 0 unspecified atom stereocenters. The van der Waals surface area contributed by atoms with Crippen molar-refractivity contribution in [3.05, 3.63) is 64.6 Å². The molecule has 38 heavy (non-hydrogen) atoms. The van der Waals surface area contributed by atoms with Gasteiger partial charge in [-0.05, 0) is 61.7 Å². The van der Waals surface area contributed by atoms with Crippen LogP contribution in [-0.2, 0) is 11.3 Å². The van der Waals surface area contributed by atoms with Crippen LogP contribution in [0.4, 0.5) is 0 Å². The molecule has 0 radical (unpaired) electrons. The van der Waals surface area contributed by atoms with Gasteiger partial charge in [-0.1, -0.05) is 56.7 Å². The Morgan fingerprint density at radius 1 is 1.03 bits per heavy atom. The number of carbonyl (C=O) groups excluding carboxylic acids is 1. The molecular weight excluding hydrogens is 498 g/mol. The van der Waals surface area contributed by atoms with Crippen molar-refractivity contribution in [2.45, 2.75) is 82.8 Å². The monoisotopic (exact) mass is 531 g/mol. The number of aromatic carboxylic acids is 1. The molecule has 2 aliphatic carbocycles. The smallest absolute Gasteiger partial charge is 0.371 e. The minimum atomic E-state index is -1.08. The Morgan fingerprint density at radius 2 is 1.76 bits per heavy atom. The largest absolute Gasteiger partial charge is 0.475 e. The highest BCUT2D eigenvalue weighted by molar-refractivity contribution is 8.18. The number of aliphatic imine (C=N–C) groups is 1. The quantitative estimate of drug-likeness (QED) is 0.349. The van der Waals surface area contributed by atoms with Gasteiger partial charge in [-0.3, -0.25) is 14.7 Å². The third kappa shape index (κ3) is 5.06. The molecule has 6 rings (SSSR count). The number of nitrogens with zero attached hydrogens (tertiary/aromatic N) is 3. The van der Waals surface area contributed by atoms with Gasteiger partial charge in [-0.25, -0.2) is 4.79 Å². The minimum absolute atomic E-state index is 0.0701. The Kier molecular flexibility index (Phi) is 7.15. The van der Waals surface area contributed by atoms with Crippen molar-refractivity contribution < 1.29 is 19.1 Å². The molecule has 8 heteroatoms. The molecule has 0 spiro atoms. The van der Waals surface area contributed by atoms with Gasteiger partial charge < -0.3 is 14.1 Å². The number of furan rings is 1. The van der Waals surface area contributed by atoms with Gasteiger partial charge in [0.25, 0.3) is 5.91 Å². The van der Waals surface area contributed by atoms with Gasteiger partial charge in [-0.15, -0.1) is 0 Å². The zero-order chi connectivity index (χ0) is 26.1. The molecule has 1 saturated heterocycles. The van der Waals surface area contributed by atoms with E-state index in [-0.39, 0.29) is 17.7 Å². The summed E-state index contributed by atoms with van der Waals surface area (Å²) in [5, 5.41) is 11.1. The molecule has 1 aromatic carbocycles. The average molecular weight is 532 g/mol. The number of rotatable bonds is 6. The predicted octanol–water partition coefficient (Wildman–Crippen LogP) is 6.92. The molecule has 198 valence electrons. The fraction of sp³-hybridized carbons (Fsp3) is 0.433. The van der Waals surface area contributed by atoms with Gasteiger partial charge in [0.1, 0.15) is 5.76 Å². The van der Waals surface area contributed by atoms with Crippen molar-refractivity contribution in [1.29, 1.82) is 0 Å². The Balaban J connectivity index is 1.34. The van der Waals surface area contributed by atoms with E-state index in [1.54, 1.807) is 6.07 Å². The highest BCUT2D eigenvalue weighted by Gasteiger charge is 2.39. The number of carboxylic acid groups (broad SMARTS) is 1. The number of para-hydroxylation sites is 1. The van der Waals surface area contributed by atoms with Gasteiger partial charge in [0.2, 0.25) is 5.76 Å². The first kappa shape index (κ1) is 25.0. The lowest BCUT2D eigenvalue weighted by Crippen LogP contribution is -2.41. The van der Waals surface area contributed by atoms with E-state index < -0.39 is 5.97 Å². The second-order valence-corrected chi connectivity index (χ2v) is 11.6. The summed E-state index contributed by atoms with van der Waals surface area (Å²) in [5.74, 6) is -0.507. The van der Waals surface area contributed by atoms with E-state index in [2.05, 4.69) is 6.07 Å². The number of benzene rings is 1. The molecule has 2 saturated carbocycles. The number of aromatic nitrogens is 1. The van der Waals surface area contributed by atoms with Crippen molar-refractivity contribution in [2.24, 2.45) is 4.99 Å². The molecule has 0 bridgehead atoms. The highest BCUT2D eigenvalue weighted by Crippen LogP contribution is 2.39. The molecular formula is C30H33N3O4S. The zero-order valence-electron chi connectivity index (χ0n) is 21.5. The highest BCUT2D eigenvalue weighted by atomic mass is 32.2. The standard InChI is InChI=1S/C30H33N3O4S/c34-28-27(38-30(31-21-9-3-1-4-10-21)33(28)22-11-5-2-6-12-22)17-20-18-32(25-14-8-7-13-24(20)25)19-23-15-16-26(37-23)29(35)36/h7-8,13-18,21-22H,1-6,9-12,19H2,(H,35,36)/b27-17-,31-30?. The lowest BCUT2D eigenvalue weighted by Gasteiger charge is -2.31. The van der Waals surface area contributed by atoms with E-state index in [0.717, 1.165) is 52.2 Å². The second-order valence-electron chi connectivity index (χ2n) is 10.6. The van der Waals surface area contributed by atoms with Gasteiger partial charge >= 0.3 is 5.97 Å². The summed E-state index contributed by atoms with van der Waals surface area (Å²) in [7, 11) is 0. The number of carboxylic acids is 1. The average Bonchev–Trinajstić information content (AvgIpc) is 3.63. The fourth-order valence-electron chi connectivity index (χ4n) is 6.01. The van der Waals surface area contributed by atoms with E-state index in [1.165, 1.54) is 56.4 Å². The number of thioether (sulfide) groups is 1. The number of carbonyl (C=O) groups is 2. The summed E-state index contributed by atoms with van der Waals surface area (Å²) in [6.07, 6.45) is 15.6. The summed E-state index contributed by atoms with van der Waals surface area (Å²) in [4.78, 5) is 33.0. The lowest BCUT2D eigenvalue weighted by molar-refractivity contribution is -0.124. The van der Waals surface area contributed by atoms with Crippen molar-refractivity contribution in [1.82, 2.24) is 9.47 Å². The Hall–Kier alpha value is -3.26. The second kappa shape index (κ2) is 10.8. The van der Waals surface area contributed by atoms with Crippen LogP contribution >= 0.6 is 11.8 Å². The molecule has 3 aliphatic rings. The van der Waals surface area contributed by atoms with Crippen LogP contribution < -0.4 is 0 Å². The Morgan fingerprint density at radius 3 is 2.50 bits per heavy atom. The van der Waals surface area contributed by atoms with Crippen molar-refractivity contribution in [3.63, 3.8) is 0 Å². The topological polar surface area (TPSA) is 88.0 Å². The summed E-state index contributed by atoms with van der Waals surface area (Å²) in [5.41, 5.74) is 1.97. The molecule has 3 heterocycles. The van der Waals surface area contributed by atoms with Gasteiger partial charge in [0.05, 0.1) is 17.5 Å². The lowest BCUT2D eigenvalue weighted by atomic mass is 9.94. The predicted molar refractivity (Wildman–Crippen MR) is 150 cm³/mol. The number of hydrogen-bond donors (Lipinski definition) is 1. The first-order chi connectivity index (χ1) is 18.6. The maximum atomic E-state index is 13.8. The number of amidine groups is 1. The molecule has 3 aromatic rings. The SMILES string of the molecule is O=C(O)c1ccc(Cn2cc(/C=C3\SC(=NC4CCCCC4)N(C4CCCCC4)C3=O)c3ccccc32)o1. The van der Waals surface area contributed by atoms with Gasteiger partial charge in [-0.2, -0.15) is 0 Å². The van der Waals surface area contributed by atoms with E-state index in [4.69, 9.17) is 9.41 Å². The van der Waals surface area contributed by atoms with E-state index in [9.17, 15) is 14.7 Å². The summed E-state index contributed by atoms with van der Waals surface area (Å²) in [6, 6.07) is 11.8. The zero-order valence-corrected chi connectivity index (χ0v) is 22.3. The van der Waals surface area contributed by atoms with Gasteiger partial charge in [0, 0.05) is 28.7 Å². The number of fused-ring (bicyclic) bond motifs is 1. The van der Waals surface area contributed by atoms with Crippen LogP contribution in [0, 0.1) is 0 Å². The van der Waals surface area contributed by atoms with E-state index >= 15 is 0 Å². The van der Waals surface area contributed by atoms with Crippen molar-refractivity contribution in [3.8, 4) is 0 Å². The summed E-state index contributed by atoms with van der Waals surface area (Å²) in [6.45, 7) is 0.403. The molecule has 2 aromatic heterocycles. The van der Waals surface area contributed by atoms with Crippen molar-refractivity contribution >= 4 is 45.8 Å². The van der Waals surface area contributed by atoms with E-state index in [0.29, 0.717) is 18.3 Å². The van der Waals surface area contributed by atoms with Crippen LogP contribution in [0.5, 0.6) is 0 Å². The summed E-state index contributed by atoms with van der Waals surface area (Å²) < 4.78 is 7.56. The fourth-order valence-corrected chi connectivity index (χ4v) is 7.11. The van der Waals surface area contributed by atoms with Crippen LogP contribution in [0.25, 0.3) is 17.0 Å². The normalized spacial score (nSPS) is 21.8. The minimum Gasteiger partial charge on any atom is -0.475 e. The molecule has 1 amide bonds. The first-order valence-corrected chi connectivity index (χ1v) is 14.6. The van der Waals surface area contributed by atoms with E-state index in [1.807, 2.05) is 39.9 Å². The Labute approximate surface area is 226 Å². The third-order valence-corrected chi connectivity index (χ3v) is 8.95. The van der Waals surface area contributed by atoms with Crippen LogP contribution in [0.15, 0.2) is 56.9 Å². The maximum absolute atomic E-state index is 13.8. The van der Waals surface area contributed by atoms with Crippen LogP contribution in [-0.4, -0.2) is 43.7 Å². The molecule has 3 fully saturated rings. The van der Waals surface area contributed by atoms with Gasteiger partial charge in [0.15, 0.2) is 5.17 Å². The molecule has 1 aliphatic heterocycles. The Bertz CT molecular complexity index is 1410. The third-order valence-electron chi connectivity index (χ3n) is 7.95. The van der Waals surface area contributed by atoms with Crippen LogP contribution in [0.1, 0.15) is 86.1 Å². The number of amides is 1. The van der Waals surface area contributed by atoms with Crippen LogP contribution in [0.3, 0.4) is 0 Å². The molecule has 0 atom stereocenters. The molecule has 7 nitrogen and oxygen atoms in total. The van der Waals surface area contributed by atoms with Crippen LogP contribution in [0.2, 0.25) is 0 Å². The number of hydrogen-bond acceptors (Lipinski definition) is 5. The van der Waals surface area contributed by atoms with Crippen molar-refractivity contribution in [2.75, 3.05) is 0 Å². The maximum Gasteiger partial charge on any atom is 0.371 e. The molecule has 1 N–H and O–H groups in total. The summed E-state index contributed by atoms with van der Waals surface area (Å²) >= 11 is 1.53.